The van der Waals surface area contributed by atoms with E-state index in [2.05, 4.69) is 13.8 Å². The molecule has 206 valence electrons. The van der Waals surface area contributed by atoms with Crippen LogP contribution in [-0.4, -0.2) is 18.2 Å². The second-order valence-corrected chi connectivity index (χ2v) is 11.7. The molecule has 2 fully saturated rings. The van der Waals surface area contributed by atoms with Gasteiger partial charge in [-0.05, 0) is 96.0 Å². The zero-order valence-corrected chi connectivity index (χ0v) is 22.8. The Morgan fingerprint density at radius 3 is 2.46 bits per heavy atom. The number of rotatable bonds is 10. The highest BCUT2D eigenvalue weighted by atomic mass is 19.1. The van der Waals surface area contributed by atoms with Gasteiger partial charge in [0.15, 0.2) is 0 Å². The second kappa shape index (κ2) is 11.0. The number of methoxy groups -OCH3 is 1. The lowest BCUT2D eigenvalue weighted by molar-refractivity contribution is -0.137. The van der Waals surface area contributed by atoms with Crippen LogP contribution in [0.15, 0.2) is 54.6 Å². The molecule has 0 unspecified atom stereocenters. The van der Waals surface area contributed by atoms with E-state index in [1.807, 2.05) is 30.3 Å². The molecule has 0 amide bonds. The van der Waals surface area contributed by atoms with Crippen molar-refractivity contribution >= 4 is 5.97 Å². The van der Waals surface area contributed by atoms with Crippen molar-refractivity contribution in [3.05, 3.63) is 82.9 Å². The highest BCUT2D eigenvalue weighted by Gasteiger charge is 2.38. The van der Waals surface area contributed by atoms with Gasteiger partial charge in [0, 0.05) is 17.0 Å². The Labute approximate surface area is 229 Å². The van der Waals surface area contributed by atoms with Gasteiger partial charge in [-0.2, -0.15) is 0 Å². The highest BCUT2D eigenvalue weighted by molar-refractivity contribution is 5.71. The monoisotopic (exact) mass is 534 g/mol. The van der Waals surface area contributed by atoms with E-state index in [0.29, 0.717) is 34.1 Å². The molecule has 5 rings (SSSR count). The maximum Gasteiger partial charge on any atom is 0.303 e. The van der Waals surface area contributed by atoms with Crippen LogP contribution in [0.3, 0.4) is 0 Å². The summed E-state index contributed by atoms with van der Waals surface area (Å²) in [6.07, 6.45) is 5.09. The maximum atomic E-state index is 15.7. The highest BCUT2D eigenvalue weighted by Crippen LogP contribution is 2.52. The van der Waals surface area contributed by atoms with Gasteiger partial charge in [-0.1, -0.05) is 38.5 Å². The van der Waals surface area contributed by atoms with Gasteiger partial charge in [0.1, 0.15) is 29.7 Å². The average Bonchev–Trinajstić information content (AvgIpc) is 3.69. The molecule has 0 heterocycles. The van der Waals surface area contributed by atoms with Crippen molar-refractivity contribution in [3.63, 3.8) is 0 Å². The van der Waals surface area contributed by atoms with Gasteiger partial charge in [0.2, 0.25) is 0 Å². The Morgan fingerprint density at radius 2 is 1.79 bits per heavy atom. The molecule has 0 spiro atoms. The molecule has 39 heavy (non-hydrogen) atoms. The molecule has 0 aliphatic heterocycles. The topological polar surface area (TPSA) is 55.8 Å². The molecule has 6 heteroatoms. The van der Waals surface area contributed by atoms with Crippen LogP contribution in [0.25, 0.3) is 11.1 Å². The minimum Gasteiger partial charge on any atom is -0.497 e. The fourth-order valence-electron chi connectivity index (χ4n) is 6.30. The maximum absolute atomic E-state index is 15.7. The third-order valence-corrected chi connectivity index (χ3v) is 8.60. The van der Waals surface area contributed by atoms with Gasteiger partial charge in [-0.3, -0.25) is 4.79 Å². The Bertz CT molecular complexity index is 1360. The van der Waals surface area contributed by atoms with Crippen LogP contribution in [-0.2, 0) is 11.4 Å². The number of hydrogen-bond acceptors (Lipinski definition) is 3. The summed E-state index contributed by atoms with van der Waals surface area (Å²) in [6.45, 7) is 4.42. The zero-order valence-electron chi connectivity index (χ0n) is 22.8. The normalized spacial score (nSPS) is 19.1. The first-order chi connectivity index (χ1) is 18.7. The van der Waals surface area contributed by atoms with Crippen molar-refractivity contribution in [3.8, 4) is 22.6 Å². The van der Waals surface area contributed by atoms with E-state index in [4.69, 9.17) is 9.47 Å². The minimum absolute atomic E-state index is 0.00563. The van der Waals surface area contributed by atoms with Crippen molar-refractivity contribution in [1.82, 2.24) is 0 Å². The molecule has 0 saturated heterocycles. The van der Waals surface area contributed by atoms with Gasteiger partial charge < -0.3 is 14.6 Å². The molecule has 4 nitrogen and oxygen atoms in total. The fourth-order valence-corrected chi connectivity index (χ4v) is 6.30. The van der Waals surface area contributed by atoms with E-state index in [0.717, 1.165) is 43.2 Å². The van der Waals surface area contributed by atoms with Crippen molar-refractivity contribution in [2.75, 3.05) is 7.11 Å². The van der Waals surface area contributed by atoms with Crippen molar-refractivity contribution in [1.29, 1.82) is 0 Å². The number of halogens is 2. The van der Waals surface area contributed by atoms with Crippen molar-refractivity contribution in [2.45, 2.75) is 70.8 Å². The van der Waals surface area contributed by atoms with E-state index in [-0.39, 0.29) is 30.3 Å². The molecule has 2 aliphatic carbocycles. The summed E-state index contributed by atoms with van der Waals surface area (Å²) in [5.74, 6) is -0.285. The number of ether oxygens (including phenoxy) is 2. The first-order valence-corrected chi connectivity index (χ1v) is 13.8. The SMILES string of the molecule is COc1ccc(F)c(-c2cc(F)c(COc3ccccc3[C@H](CC(=O)O)C3CC3)cc2[C@H]2CCCC2(C)C)c1. The minimum atomic E-state index is -0.836. The van der Waals surface area contributed by atoms with E-state index < -0.39 is 17.6 Å². The second-order valence-electron chi connectivity index (χ2n) is 11.7. The van der Waals surface area contributed by atoms with Gasteiger partial charge in [0.25, 0.3) is 0 Å². The quantitative estimate of drug-likeness (QED) is 0.283. The first kappa shape index (κ1) is 27.2. The molecule has 1 N–H and O–H groups in total. The fraction of sp³-hybridized carbons (Fsp3) is 0.424. The molecule has 3 aromatic carbocycles. The molecule has 2 aliphatic rings. The average molecular weight is 535 g/mol. The van der Waals surface area contributed by atoms with Crippen molar-refractivity contribution in [2.24, 2.45) is 11.3 Å². The summed E-state index contributed by atoms with van der Waals surface area (Å²) in [5.41, 5.74) is 3.03. The van der Waals surface area contributed by atoms with Crippen LogP contribution in [0, 0.1) is 23.0 Å². The predicted molar refractivity (Wildman–Crippen MR) is 147 cm³/mol. The van der Waals surface area contributed by atoms with Gasteiger partial charge >= 0.3 is 5.97 Å². The first-order valence-electron chi connectivity index (χ1n) is 13.8. The summed E-state index contributed by atoms with van der Waals surface area (Å²) < 4.78 is 42.3. The lowest BCUT2D eigenvalue weighted by atomic mass is 9.75. The molecule has 3 aromatic rings. The zero-order chi connectivity index (χ0) is 27.7. The number of carboxylic acid groups (broad SMARTS) is 1. The van der Waals surface area contributed by atoms with Gasteiger partial charge in [-0.25, -0.2) is 8.78 Å². The molecule has 0 radical (unpaired) electrons. The van der Waals surface area contributed by atoms with Crippen LogP contribution >= 0.6 is 0 Å². The Hall–Kier alpha value is -3.41. The number of carbonyl (C=O) groups is 1. The summed E-state index contributed by atoms with van der Waals surface area (Å²) >= 11 is 0. The van der Waals surface area contributed by atoms with Crippen LogP contribution in [0.1, 0.15) is 80.9 Å². The summed E-state index contributed by atoms with van der Waals surface area (Å²) in [6, 6.07) is 15.3. The molecule has 0 bridgehead atoms. The summed E-state index contributed by atoms with van der Waals surface area (Å²) in [4.78, 5) is 11.6. The third kappa shape index (κ3) is 5.80. The van der Waals surface area contributed by atoms with Crippen LogP contribution in [0.2, 0.25) is 0 Å². The lowest BCUT2D eigenvalue weighted by Gasteiger charge is -2.30. The Morgan fingerprint density at radius 1 is 1.03 bits per heavy atom. The van der Waals surface area contributed by atoms with Crippen LogP contribution in [0.5, 0.6) is 11.5 Å². The largest absolute Gasteiger partial charge is 0.497 e. The smallest absolute Gasteiger partial charge is 0.303 e. The van der Waals surface area contributed by atoms with E-state index in [1.54, 1.807) is 12.1 Å². The molecular weight excluding hydrogens is 498 g/mol. The number of hydrogen-bond donors (Lipinski definition) is 1. The molecule has 0 aromatic heterocycles. The van der Waals surface area contributed by atoms with Crippen molar-refractivity contribution < 1.29 is 28.2 Å². The Balaban J connectivity index is 1.52. The standard InChI is InChI=1S/C33H36F2O4/c1-33(2)14-6-8-28(33)26-15-21(30(35)17-25(26)27-16-22(38-3)12-13-29(27)34)19-39-31-9-5-4-7-23(31)24(18-32(36)37)20-10-11-20/h4-5,7,9,12-13,15-17,20,24,28H,6,8,10-11,14,18-19H2,1-3H3,(H,36,37)/t24-,28-/m1/s1. The van der Waals surface area contributed by atoms with Crippen LogP contribution < -0.4 is 9.47 Å². The molecule has 2 saturated carbocycles. The summed E-state index contributed by atoms with van der Waals surface area (Å²) in [5, 5.41) is 9.48. The van der Waals surface area contributed by atoms with E-state index >= 15 is 8.78 Å². The third-order valence-electron chi connectivity index (χ3n) is 8.60. The van der Waals surface area contributed by atoms with E-state index in [1.165, 1.54) is 19.2 Å². The predicted octanol–water partition coefficient (Wildman–Crippen LogP) is 8.48. The number of para-hydroxylation sites is 1. The Kier molecular flexibility index (Phi) is 7.66. The lowest BCUT2D eigenvalue weighted by Crippen LogP contribution is -2.17. The number of benzene rings is 3. The van der Waals surface area contributed by atoms with E-state index in [9.17, 15) is 9.90 Å². The van der Waals surface area contributed by atoms with Gasteiger partial charge in [0.05, 0.1) is 13.5 Å². The number of carboxylic acids is 1. The summed E-state index contributed by atoms with van der Waals surface area (Å²) in [7, 11) is 1.53. The molecular formula is C33H36F2O4. The van der Waals surface area contributed by atoms with Crippen LogP contribution in [0.4, 0.5) is 8.78 Å². The number of aliphatic carboxylic acids is 1. The van der Waals surface area contributed by atoms with Gasteiger partial charge in [-0.15, -0.1) is 0 Å². The molecule has 2 atom stereocenters.